The van der Waals surface area contributed by atoms with Gasteiger partial charge in [0.2, 0.25) is 0 Å². The van der Waals surface area contributed by atoms with Crippen LogP contribution in [0, 0.1) is 5.92 Å². The van der Waals surface area contributed by atoms with Gasteiger partial charge < -0.3 is 5.32 Å². The number of pyridine rings is 1. The third kappa shape index (κ3) is 5.72. The van der Waals surface area contributed by atoms with Crippen molar-refractivity contribution in [3.05, 3.63) is 63.8 Å². The molecule has 9 heteroatoms. The number of nitrogens with one attached hydrogen (secondary N) is 2. The van der Waals surface area contributed by atoms with Gasteiger partial charge in [0, 0.05) is 28.3 Å². The van der Waals surface area contributed by atoms with E-state index in [1.165, 1.54) is 17.5 Å². The fourth-order valence-electron chi connectivity index (χ4n) is 3.51. The average molecular weight is 517 g/mol. The smallest absolute Gasteiger partial charge is 0.305 e. The van der Waals surface area contributed by atoms with Crippen LogP contribution in [0.15, 0.2) is 57.5 Å². The molecule has 2 heterocycles. The number of aromatic nitrogens is 2. The number of nitrogens with zero attached hydrogens (tertiary/aromatic N) is 2. The molecule has 2 amide bonds. The van der Waals surface area contributed by atoms with E-state index in [0.717, 1.165) is 40.1 Å². The molecule has 31 heavy (non-hydrogen) atoms. The Morgan fingerprint density at radius 1 is 1.13 bits per heavy atom. The Hall–Kier alpha value is -2.23. The molecule has 0 spiro atoms. The second-order valence-electron chi connectivity index (χ2n) is 7.19. The molecular weight excluding hydrogens is 496 g/mol. The normalized spacial score (nSPS) is 13.8. The standard InChI is InChI=1S/C22H21BrN4O2S2/c23-20-18(13-30-15-8-2-1-3-9-15)26-22(31-20)27-21(29)25-17-12-24-11-10-16(17)19(28)14-6-4-5-7-14/h1-3,8-12,14H,4-7,13H2,(H2,25,26,27,29). The lowest BCUT2D eigenvalue weighted by Crippen LogP contribution is -2.22. The Kier molecular flexibility index (Phi) is 7.37. The van der Waals surface area contributed by atoms with Crippen LogP contribution in [0.5, 0.6) is 0 Å². The van der Waals surface area contributed by atoms with Gasteiger partial charge in [0.1, 0.15) is 0 Å². The van der Waals surface area contributed by atoms with Crippen molar-refractivity contribution in [1.29, 1.82) is 0 Å². The Morgan fingerprint density at radius 3 is 2.68 bits per heavy atom. The van der Waals surface area contributed by atoms with Crippen molar-refractivity contribution >= 4 is 61.7 Å². The van der Waals surface area contributed by atoms with E-state index in [9.17, 15) is 9.59 Å². The summed E-state index contributed by atoms with van der Waals surface area (Å²) in [5.74, 6) is 0.797. The molecule has 160 valence electrons. The zero-order chi connectivity index (χ0) is 21.6. The molecule has 0 aliphatic heterocycles. The predicted octanol–water partition coefficient (Wildman–Crippen LogP) is 6.61. The highest BCUT2D eigenvalue weighted by Crippen LogP contribution is 2.33. The number of hydrogen-bond acceptors (Lipinski definition) is 6. The van der Waals surface area contributed by atoms with Crippen LogP contribution in [0.4, 0.5) is 15.6 Å². The molecule has 0 atom stereocenters. The Labute approximate surface area is 197 Å². The van der Waals surface area contributed by atoms with E-state index >= 15 is 0 Å². The number of carbonyl (C=O) groups excluding carboxylic acids is 2. The largest absolute Gasteiger partial charge is 0.325 e. The van der Waals surface area contributed by atoms with E-state index in [1.807, 2.05) is 18.2 Å². The fraction of sp³-hybridized carbons (Fsp3) is 0.273. The number of urea groups is 1. The molecule has 0 radical (unpaired) electrons. The topological polar surface area (TPSA) is 84.0 Å². The lowest BCUT2D eigenvalue weighted by atomic mass is 9.96. The number of carbonyl (C=O) groups is 2. The average Bonchev–Trinajstić information content (AvgIpc) is 3.43. The first kappa shape index (κ1) is 22.0. The third-order valence-corrected chi connectivity index (χ3v) is 7.82. The number of thiazole rings is 1. The van der Waals surface area contributed by atoms with Gasteiger partial charge >= 0.3 is 6.03 Å². The molecule has 0 saturated heterocycles. The molecule has 0 bridgehead atoms. The number of rotatable bonds is 7. The summed E-state index contributed by atoms with van der Waals surface area (Å²) in [6.07, 6.45) is 7.07. The molecule has 1 fully saturated rings. The van der Waals surface area contributed by atoms with Crippen molar-refractivity contribution in [2.45, 2.75) is 36.3 Å². The summed E-state index contributed by atoms with van der Waals surface area (Å²) < 4.78 is 0.879. The van der Waals surface area contributed by atoms with Crippen LogP contribution >= 0.6 is 39.0 Å². The van der Waals surface area contributed by atoms with Gasteiger partial charge in [-0.15, -0.1) is 11.8 Å². The lowest BCUT2D eigenvalue weighted by Gasteiger charge is -2.13. The fourth-order valence-corrected chi connectivity index (χ4v) is 6.04. The number of hydrogen-bond donors (Lipinski definition) is 2. The minimum Gasteiger partial charge on any atom is -0.305 e. The van der Waals surface area contributed by atoms with E-state index in [4.69, 9.17) is 0 Å². The maximum absolute atomic E-state index is 12.8. The molecule has 4 rings (SSSR count). The maximum atomic E-state index is 12.8. The summed E-state index contributed by atoms with van der Waals surface area (Å²) >= 11 is 6.57. The number of benzene rings is 1. The zero-order valence-corrected chi connectivity index (χ0v) is 19.9. The van der Waals surface area contributed by atoms with E-state index in [2.05, 4.69) is 48.7 Å². The van der Waals surface area contributed by atoms with Crippen LogP contribution in [0.2, 0.25) is 0 Å². The van der Waals surface area contributed by atoms with Gasteiger partial charge in [-0.1, -0.05) is 42.4 Å². The van der Waals surface area contributed by atoms with Crippen molar-refractivity contribution in [3.8, 4) is 0 Å². The molecule has 6 nitrogen and oxygen atoms in total. The van der Waals surface area contributed by atoms with Crippen molar-refractivity contribution < 1.29 is 9.59 Å². The Bertz CT molecular complexity index is 1070. The molecule has 1 aromatic carbocycles. The Balaban J connectivity index is 1.39. The minimum atomic E-state index is -0.447. The van der Waals surface area contributed by atoms with Crippen LogP contribution in [0.3, 0.4) is 0 Å². The first-order chi connectivity index (χ1) is 15.1. The third-order valence-electron chi connectivity index (χ3n) is 5.05. The second kappa shape index (κ2) is 10.4. The first-order valence-corrected chi connectivity index (χ1v) is 12.6. The number of thioether (sulfide) groups is 1. The molecule has 2 N–H and O–H groups in total. The SMILES string of the molecule is O=C(Nc1nc(CSc2ccccc2)c(Br)s1)Nc1cnccc1C(=O)C1CCCC1. The number of amides is 2. The van der Waals surface area contributed by atoms with Gasteiger partial charge in [0.05, 0.1) is 21.4 Å². The quantitative estimate of drug-likeness (QED) is 0.272. The molecule has 0 unspecified atom stereocenters. The minimum absolute atomic E-state index is 0.0330. The highest BCUT2D eigenvalue weighted by atomic mass is 79.9. The number of ketones is 1. The van der Waals surface area contributed by atoms with Gasteiger partial charge in [-0.25, -0.2) is 9.78 Å². The summed E-state index contributed by atoms with van der Waals surface area (Å²) in [6.45, 7) is 0. The van der Waals surface area contributed by atoms with Crippen LogP contribution in [0.1, 0.15) is 41.7 Å². The summed E-state index contributed by atoms with van der Waals surface area (Å²) in [5.41, 5.74) is 1.80. The van der Waals surface area contributed by atoms with Crippen LogP contribution in [-0.4, -0.2) is 21.8 Å². The Morgan fingerprint density at radius 2 is 1.90 bits per heavy atom. The summed E-state index contributed by atoms with van der Waals surface area (Å²) in [7, 11) is 0. The lowest BCUT2D eigenvalue weighted by molar-refractivity contribution is 0.0923. The molecule has 1 aliphatic carbocycles. The summed E-state index contributed by atoms with van der Waals surface area (Å²) in [6, 6.07) is 11.3. The summed E-state index contributed by atoms with van der Waals surface area (Å²) in [4.78, 5) is 35.1. The molecule has 1 saturated carbocycles. The number of halogens is 1. The monoisotopic (exact) mass is 516 g/mol. The van der Waals surface area contributed by atoms with E-state index in [-0.39, 0.29) is 11.7 Å². The van der Waals surface area contributed by atoms with Gasteiger partial charge in [0.15, 0.2) is 10.9 Å². The van der Waals surface area contributed by atoms with Crippen LogP contribution < -0.4 is 10.6 Å². The first-order valence-electron chi connectivity index (χ1n) is 9.99. The zero-order valence-electron chi connectivity index (χ0n) is 16.6. The van der Waals surface area contributed by atoms with Crippen LogP contribution in [0.25, 0.3) is 0 Å². The maximum Gasteiger partial charge on any atom is 0.325 e. The molecule has 1 aliphatic rings. The molecule has 2 aromatic heterocycles. The van der Waals surface area contributed by atoms with Crippen molar-refractivity contribution in [3.63, 3.8) is 0 Å². The van der Waals surface area contributed by atoms with Crippen LogP contribution in [-0.2, 0) is 5.75 Å². The van der Waals surface area contributed by atoms with Crippen molar-refractivity contribution in [2.24, 2.45) is 5.92 Å². The van der Waals surface area contributed by atoms with E-state index < -0.39 is 6.03 Å². The summed E-state index contributed by atoms with van der Waals surface area (Å²) in [5, 5.41) is 6.01. The second-order valence-corrected chi connectivity index (χ2v) is 10.6. The highest BCUT2D eigenvalue weighted by Gasteiger charge is 2.26. The molecular formula is C22H21BrN4O2S2. The van der Waals surface area contributed by atoms with Crippen molar-refractivity contribution in [1.82, 2.24) is 9.97 Å². The van der Waals surface area contributed by atoms with Gasteiger partial charge in [-0.2, -0.15) is 0 Å². The van der Waals surface area contributed by atoms with Gasteiger partial charge in [-0.3, -0.25) is 15.1 Å². The van der Waals surface area contributed by atoms with Crippen molar-refractivity contribution in [2.75, 3.05) is 10.6 Å². The molecule has 3 aromatic rings. The van der Waals surface area contributed by atoms with E-state index in [0.29, 0.717) is 22.1 Å². The number of anilines is 2. The highest BCUT2D eigenvalue weighted by molar-refractivity contribution is 9.11. The van der Waals surface area contributed by atoms with E-state index in [1.54, 1.807) is 24.0 Å². The van der Waals surface area contributed by atoms with Gasteiger partial charge in [-0.05, 0) is 47.0 Å². The predicted molar refractivity (Wildman–Crippen MR) is 129 cm³/mol. The van der Waals surface area contributed by atoms with Gasteiger partial charge in [0.25, 0.3) is 0 Å². The number of Topliss-reactive ketones (excluding diaryl/α,β-unsaturated/α-hetero) is 1.